The summed E-state index contributed by atoms with van der Waals surface area (Å²) in [5.74, 6) is 1.59. The number of carbonyl (C=O) groups excluding carboxylic acids is 2. The van der Waals surface area contributed by atoms with Gasteiger partial charge in [-0.1, -0.05) is 17.3 Å². The smallest absolute Gasteiger partial charge is 0.256 e. The Bertz CT molecular complexity index is 1210. The van der Waals surface area contributed by atoms with Crippen LogP contribution in [0.15, 0.2) is 53.1 Å². The van der Waals surface area contributed by atoms with Crippen molar-refractivity contribution >= 4 is 17.5 Å². The van der Waals surface area contributed by atoms with Crippen LogP contribution in [0.3, 0.4) is 0 Å². The van der Waals surface area contributed by atoms with Gasteiger partial charge in [-0.15, -0.1) is 0 Å². The van der Waals surface area contributed by atoms with E-state index in [0.29, 0.717) is 68.7 Å². The normalized spacial score (nSPS) is 16.9. The number of likely N-dealkylation sites (tertiary alicyclic amines) is 1. The van der Waals surface area contributed by atoms with E-state index in [-0.39, 0.29) is 17.7 Å². The summed E-state index contributed by atoms with van der Waals surface area (Å²) in [7, 11) is 1.63. The maximum absolute atomic E-state index is 13.1. The average Bonchev–Trinajstić information content (AvgIpc) is 3.42. The van der Waals surface area contributed by atoms with E-state index in [1.807, 2.05) is 36.4 Å². The molecule has 2 aliphatic heterocycles. The molecule has 0 unspecified atom stereocenters. The van der Waals surface area contributed by atoms with Crippen LogP contribution in [-0.2, 0) is 16.1 Å². The maximum atomic E-state index is 13.1. The lowest BCUT2D eigenvalue weighted by Gasteiger charge is -2.30. The average molecular weight is 506 g/mol. The minimum Gasteiger partial charge on any atom is -0.497 e. The summed E-state index contributed by atoms with van der Waals surface area (Å²) in [5, 5.41) is 7.11. The molecule has 10 nitrogen and oxygen atoms in total. The molecule has 0 saturated carbocycles. The number of rotatable bonds is 7. The van der Waals surface area contributed by atoms with Gasteiger partial charge in [0, 0.05) is 24.6 Å². The van der Waals surface area contributed by atoms with Crippen molar-refractivity contribution in [1.82, 2.24) is 19.9 Å². The molecule has 10 heteroatoms. The number of nitrogens with zero attached hydrogens (tertiary/aromatic N) is 4. The minimum atomic E-state index is -0.125. The number of hydrogen-bond donors (Lipinski definition) is 1. The van der Waals surface area contributed by atoms with E-state index in [9.17, 15) is 9.59 Å². The van der Waals surface area contributed by atoms with Crippen LogP contribution in [0.4, 0.5) is 5.69 Å². The van der Waals surface area contributed by atoms with Crippen LogP contribution in [0.25, 0.3) is 11.4 Å². The Morgan fingerprint density at radius 2 is 1.76 bits per heavy atom. The molecule has 37 heavy (non-hydrogen) atoms. The van der Waals surface area contributed by atoms with Gasteiger partial charge >= 0.3 is 0 Å². The van der Waals surface area contributed by atoms with Gasteiger partial charge in [0.2, 0.25) is 17.6 Å². The molecule has 2 amide bonds. The summed E-state index contributed by atoms with van der Waals surface area (Å²) in [6.45, 7) is 4.20. The van der Waals surface area contributed by atoms with Gasteiger partial charge in [-0.25, -0.2) is 0 Å². The third kappa shape index (κ3) is 5.98. The second kappa shape index (κ2) is 11.5. The third-order valence-corrected chi connectivity index (χ3v) is 6.85. The molecule has 0 atom stereocenters. The van der Waals surface area contributed by atoms with E-state index in [2.05, 4.69) is 20.4 Å². The number of benzene rings is 2. The fourth-order valence-corrected chi connectivity index (χ4v) is 4.67. The van der Waals surface area contributed by atoms with Crippen LogP contribution in [0.5, 0.6) is 5.75 Å². The summed E-state index contributed by atoms with van der Waals surface area (Å²) < 4.78 is 16.0. The lowest BCUT2D eigenvalue weighted by atomic mass is 9.95. The van der Waals surface area contributed by atoms with Crippen LogP contribution in [0.1, 0.15) is 29.1 Å². The molecule has 2 fully saturated rings. The molecule has 3 aromatic rings. The number of anilines is 1. The molecule has 194 valence electrons. The van der Waals surface area contributed by atoms with Gasteiger partial charge in [0.25, 0.3) is 5.91 Å². The van der Waals surface area contributed by atoms with Gasteiger partial charge in [-0.3, -0.25) is 14.5 Å². The highest BCUT2D eigenvalue weighted by molar-refractivity contribution is 6.04. The number of morpholine rings is 1. The fourth-order valence-electron chi connectivity index (χ4n) is 4.67. The molecule has 2 aromatic carbocycles. The first kappa shape index (κ1) is 24.9. The van der Waals surface area contributed by atoms with E-state index in [4.69, 9.17) is 14.0 Å². The van der Waals surface area contributed by atoms with Crippen molar-refractivity contribution in [1.29, 1.82) is 0 Å². The second-order valence-corrected chi connectivity index (χ2v) is 9.23. The summed E-state index contributed by atoms with van der Waals surface area (Å²) >= 11 is 0. The number of hydrogen-bond acceptors (Lipinski definition) is 8. The molecule has 0 spiro atoms. The molecule has 0 radical (unpaired) electrons. The Kier molecular flexibility index (Phi) is 7.76. The van der Waals surface area contributed by atoms with Gasteiger partial charge in [-0.2, -0.15) is 4.98 Å². The van der Waals surface area contributed by atoms with Crippen LogP contribution < -0.4 is 10.1 Å². The summed E-state index contributed by atoms with van der Waals surface area (Å²) in [5.41, 5.74) is 1.93. The van der Waals surface area contributed by atoms with E-state index in [0.717, 1.165) is 24.4 Å². The van der Waals surface area contributed by atoms with Gasteiger partial charge in [-0.05, 0) is 62.3 Å². The highest BCUT2D eigenvalue weighted by atomic mass is 16.5. The SMILES string of the molecule is COc1ccc(-c2noc(CN3CCC(C(=O)Nc4ccccc4C(=O)N4CCOCC4)CC3)n2)cc1. The summed E-state index contributed by atoms with van der Waals surface area (Å²) in [4.78, 5) is 34.6. The van der Waals surface area contributed by atoms with Crippen LogP contribution in [0, 0.1) is 5.92 Å². The first-order chi connectivity index (χ1) is 18.1. The zero-order valence-electron chi connectivity index (χ0n) is 20.9. The highest BCUT2D eigenvalue weighted by Crippen LogP contribution is 2.24. The van der Waals surface area contributed by atoms with Crippen LogP contribution in [0.2, 0.25) is 0 Å². The van der Waals surface area contributed by atoms with Gasteiger partial charge in [0.1, 0.15) is 5.75 Å². The second-order valence-electron chi connectivity index (χ2n) is 9.23. The molecule has 0 aliphatic carbocycles. The lowest BCUT2D eigenvalue weighted by Crippen LogP contribution is -2.41. The molecule has 2 aliphatic rings. The monoisotopic (exact) mass is 505 g/mol. The number of piperidine rings is 1. The van der Waals surface area contributed by atoms with Gasteiger partial charge in [0.15, 0.2) is 0 Å². The van der Waals surface area contributed by atoms with Crippen molar-refractivity contribution in [2.24, 2.45) is 5.92 Å². The Balaban J connectivity index is 1.14. The van der Waals surface area contributed by atoms with Gasteiger partial charge < -0.3 is 24.2 Å². The number of para-hydroxylation sites is 1. The Hall–Kier alpha value is -3.76. The van der Waals surface area contributed by atoms with Crippen LogP contribution in [-0.4, -0.2) is 78.3 Å². The lowest BCUT2D eigenvalue weighted by molar-refractivity contribution is -0.121. The number of ether oxygens (including phenoxy) is 2. The molecule has 2 saturated heterocycles. The summed E-state index contributed by atoms with van der Waals surface area (Å²) in [6, 6.07) is 14.7. The molecular weight excluding hydrogens is 474 g/mol. The minimum absolute atomic E-state index is 0.0542. The van der Waals surface area contributed by atoms with E-state index >= 15 is 0 Å². The standard InChI is InChI=1S/C27H31N5O5/c1-35-21-8-6-19(7-9-21)25-29-24(37-30-25)18-31-12-10-20(11-13-31)26(33)28-23-5-3-2-4-22(23)27(34)32-14-16-36-17-15-32/h2-9,20H,10-18H2,1H3,(H,28,33). The molecular formula is C27H31N5O5. The Labute approximate surface area is 215 Å². The maximum Gasteiger partial charge on any atom is 0.256 e. The molecule has 3 heterocycles. The fraction of sp³-hybridized carbons (Fsp3) is 0.407. The van der Waals surface area contributed by atoms with Crippen molar-refractivity contribution in [3.8, 4) is 17.1 Å². The molecule has 5 rings (SSSR count). The van der Waals surface area contributed by atoms with E-state index in [1.54, 1.807) is 24.1 Å². The number of methoxy groups -OCH3 is 1. The third-order valence-electron chi connectivity index (χ3n) is 6.85. The van der Waals surface area contributed by atoms with Crippen LogP contribution >= 0.6 is 0 Å². The highest BCUT2D eigenvalue weighted by Gasteiger charge is 2.28. The zero-order chi connectivity index (χ0) is 25.6. The van der Waals surface area contributed by atoms with Crippen molar-refractivity contribution in [3.63, 3.8) is 0 Å². The predicted octanol–water partition coefficient (Wildman–Crippen LogP) is 3.07. The van der Waals surface area contributed by atoms with Crippen molar-refractivity contribution < 1.29 is 23.6 Å². The molecule has 1 aromatic heterocycles. The van der Waals surface area contributed by atoms with E-state index in [1.165, 1.54) is 0 Å². The molecule has 0 bridgehead atoms. The van der Waals surface area contributed by atoms with Crippen molar-refractivity contribution in [3.05, 3.63) is 60.0 Å². The zero-order valence-corrected chi connectivity index (χ0v) is 20.9. The number of amides is 2. The largest absolute Gasteiger partial charge is 0.497 e. The quantitative estimate of drug-likeness (QED) is 0.522. The topological polar surface area (TPSA) is 110 Å². The number of nitrogens with one attached hydrogen (secondary N) is 1. The molecule has 1 N–H and O–H groups in total. The first-order valence-electron chi connectivity index (χ1n) is 12.6. The predicted molar refractivity (Wildman–Crippen MR) is 136 cm³/mol. The van der Waals surface area contributed by atoms with Crippen molar-refractivity contribution in [2.45, 2.75) is 19.4 Å². The van der Waals surface area contributed by atoms with Crippen molar-refractivity contribution in [2.75, 3.05) is 51.8 Å². The Morgan fingerprint density at radius 3 is 2.49 bits per heavy atom. The number of carbonyl (C=O) groups is 2. The number of aromatic nitrogens is 2. The summed E-state index contributed by atoms with van der Waals surface area (Å²) in [6.07, 6.45) is 1.43. The van der Waals surface area contributed by atoms with Gasteiger partial charge in [0.05, 0.1) is 38.1 Å². The van der Waals surface area contributed by atoms with E-state index < -0.39 is 0 Å². The first-order valence-corrected chi connectivity index (χ1v) is 12.6. The Morgan fingerprint density at radius 1 is 1.03 bits per heavy atom.